The average molecular weight is 307 g/mol. The number of carbonyl (C=O) groups excluding carboxylic acids is 2. The first-order valence-electron chi connectivity index (χ1n) is 6.23. The van der Waals surface area contributed by atoms with Crippen molar-refractivity contribution in [1.82, 2.24) is 0 Å². The van der Waals surface area contributed by atoms with Crippen LogP contribution in [0.1, 0.15) is 18.9 Å². The molecule has 0 aliphatic heterocycles. The van der Waals surface area contributed by atoms with Crippen molar-refractivity contribution in [2.24, 2.45) is 0 Å². The first-order valence-corrected chi connectivity index (χ1v) is 6.23. The zero-order valence-corrected chi connectivity index (χ0v) is 11.6. The average Bonchev–Trinajstić information content (AvgIpc) is 2.44. The number of carboxylic acids is 1. The molecule has 1 aromatic rings. The number of ketones is 1. The Labute approximate surface area is 125 Å². The summed E-state index contributed by atoms with van der Waals surface area (Å²) >= 11 is 0. The highest BCUT2D eigenvalue weighted by atomic mass is 16.6. The standard InChI is InChI=1S/C14H13NO7/c1-2-22-14(19)11(12(16)8-13(17)18)7-9-3-5-10(6-4-9)15(20)21/h3-7H,2,8H2,1H3,(H,17,18). The minimum atomic E-state index is -1.37. The molecule has 0 heterocycles. The van der Waals surface area contributed by atoms with Gasteiger partial charge in [0.05, 0.1) is 11.5 Å². The lowest BCUT2D eigenvalue weighted by Gasteiger charge is -2.05. The summed E-state index contributed by atoms with van der Waals surface area (Å²) < 4.78 is 4.71. The highest BCUT2D eigenvalue weighted by molar-refractivity contribution is 6.23. The quantitative estimate of drug-likeness (QED) is 0.202. The van der Waals surface area contributed by atoms with Crippen molar-refractivity contribution >= 4 is 29.5 Å². The molecule has 0 spiro atoms. The van der Waals surface area contributed by atoms with Crippen LogP contribution in [0.4, 0.5) is 5.69 Å². The monoisotopic (exact) mass is 307 g/mol. The van der Waals surface area contributed by atoms with Crippen LogP contribution in [0, 0.1) is 10.1 Å². The molecule has 8 heteroatoms. The van der Waals surface area contributed by atoms with Gasteiger partial charge in [0.2, 0.25) is 0 Å². The zero-order valence-electron chi connectivity index (χ0n) is 11.6. The zero-order chi connectivity index (χ0) is 16.7. The van der Waals surface area contributed by atoms with Crippen molar-refractivity contribution in [1.29, 1.82) is 0 Å². The Morgan fingerprint density at radius 1 is 1.27 bits per heavy atom. The lowest BCUT2D eigenvalue weighted by molar-refractivity contribution is -0.384. The Morgan fingerprint density at radius 3 is 2.32 bits per heavy atom. The van der Waals surface area contributed by atoms with Gasteiger partial charge in [0.25, 0.3) is 5.69 Å². The molecule has 0 aliphatic carbocycles. The van der Waals surface area contributed by atoms with Crippen LogP contribution in [0.5, 0.6) is 0 Å². The number of esters is 1. The van der Waals surface area contributed by atoms with E-state index in [0.29, 0.717) is 5.56 Å². The summed E-state index contributed by atoms with van der Waals surface area (Å²) in [5.74, 6) is -3.21. The summed E-state index contributed by atoms with van der Waals surface area (Å²) in [5.41, 5.74) is -0.225. The number of nitro groups is 1. The third-order valence-corrected chi connectivity index (χ3v) is 2.52. The number of Topliss-reactive ketones (excluding diaryl/α,β-unsaturated/α-hetero) is 1. The second kappa shape index (κ2) is 7.67. The number of carbonyl (C=O) groups is 3. The van der Waals surface area contributed by atoms with Gasteiger partial charge in [0.1, 0.15) is 12.0 Å². The Morgan fingerprint density at radius 2 is 1.86 bits per heavy atom. The number of aliphatic carboxylic acids is 1. The molecule has 0 aromatic heterocycles. The maximum absolute atomic E-state index is 11.8. The first kappa shape index (κ1) is 17.0. The van der Waals surface area contributed by atoms with E-state index in [1.807, 2.05) is 0 Å². The van der Waals surface area contributed by atoms with Gasteiger partial charge in [-0.2, -0.15) is 0 Å². The molecular weight excluding hydrogens is 294 g/mol. The Kier molecular flexibility index (Phi) is 5.94. The second-order valence-corrected chi connectivity index (χ2v) is 4.12. The molecule has 116 valence electrons. The van der Waals surface area contributed by atoms with Crippen LogP contribution < -0.4 is 0 Å². The molecule has 0 fully saturated rings. The van der Waals surface area contributed by atoms with Crippen molar-refractivity contribution in [2.75, 3.05) is 6.61 Å². The Hall–Kier alpha value is -3.03. The van der Waals surface area contributed by atoms with Gasteiger partial charge >= 0.3 is 11.9 Å². The number of hydrogen-bond donors (Lipinski definition) is 1. The van der Waals surface area contributed by atoms with Gasteiger partial charge in [-0.3, -0.25) is 19.7 Å². The van der Waals surface area contributed by atoms with Crippen molar-refractivity contribution in [3.8, 4) is 0 Å². The maximum Gasteiger partial charge on any atom is 0.341 e. The van der Waals surface area contributed by atoms with Crippen LogP contribution in [0.25, 0.3) is 6.08 Å². The molecule has 0 bridgehead atoms. The topological polar surface area (TPSA) is 124 Å². The molecule has 0 amide bonds. The van der Waals surface area contributed by atoms with E-state index < -0.39 is 34.6 Å². The smallest absolute Gasteiger partial charge is 0.341 e. The van der Waals surface area contributed by atoms with E-state index >= 15 is 0 Å². The summed E-state index contributed by atoms with van der Waals surface area (Å²) in [6, 6.07) is 5.09. The highest BCUT2D eigenvalue weighted by Crippen LogP contribution is 2.16. The first-order chi connectivity index (χ1) is 10.3. The molecule has 1 rings (SSSR count). The number of rotatable bonds is 7. The van der Waals surface area contributed by atoms with Crippen LogP contribution in [0.3, 0.4) is 0 Å². The van der Waals surface area contributed by atoms with E-state index in [1.165, 1.54) is 24.3 Å². The van der Waals surface area contributed by atoms with E-state index in [1.54, 1.807) is 6.92 Å². The number of hydrogen-bond acceptors (Lipinski definition) is 6. The molecule has 0 unspecified atom stereocenters. The molecule has 8 nitrogen and oxygen atoms in total. The normalized spacial score (nSPS) is 10.9. The summed E-state index contributed by atoms with van der Waals surface area (Å²) in [5, 5.41) is 19.2. The van der Waals surface area contributed by atoms with Crippen LogP contribution in [0.15, 0.2) is 29.8 Å². The highest BCUT2D eigenvalue weighted by Gasteiger charge is 2.21. The number of non-ortho nitro benzene ring substituents is 1. The minimum Gasteiger partial charge on any atom is -0.481 e. The van der Waals surface area contributed by atoms with Gasteiger partial charge in [-0.05, 0) is 30.7 Å². The minimum absolute atomic E-state index is 0.0246. The Balaban J connectivity index is 3.13. The molecule has 0 atom stereocenters. The number of carboxylic acid groups (broad SMARTS) is 1. The van der Waals surface area contributed by atoms with Crippen LogP contribution >= 0.6 is 0 Å². The molecule has 0 saturated heterocycles. The largest absolute Gasteiger partial charge is 0.481 e. The van der Waals surface area contributed by atoms with Gasteiger partial charge in [0, 0.05) is 12.1 Å². The summed E-state index contributed by atoms with van der Waals surface area (Å²) in [7, 11) is 0. The van der Waals surface area contributed by atoms with E-state index in [9.17, 15) is 24.5 Å². The molecule has 0 radical (unpaired) electrons. The van der Waals surface area contributed by atoms with Crippen LogP contribution in [-0.4, -0.2) is 34.4 Å². The fraction of sp³-hybridized carbons (Fsp3) is 0.214. The van der Waals surface area contributed by atoms with Crippen molar-refractivity contribution in [2.45, 2.75) is 13.3 Å². The lowest BCUT2D eigenvalue weighted by atomic mass is 10.0. The third kappa shape index (κ3) is 4.82. The van der Waals surface area contributed by atoms with Gasteiger partial charge in [0.15, 0.2) is 5.78 Å². The van der Waals surface area contributed by atoms with Gasteiger partial charge in [-0.15, -0.1) is 0 Å². The lowest BCUT2D eigenvalue weighted by Crippen LogP contribution is -2.18. The molecule has 22 heavy (non-hydrogen) atoms. The summed E-state index contributed by atoms with van der Waals surface area (Å²) in [6.45, 7) is 1.57. The second-order valence-electron chi connectivity index (χ2n) is 4.12. The molecule has 0 aliphatic rings. The molecule has 1 N–H and O–H groups in total. The predicted octanol–water partition coefficient (Wildman–Crippen LogP) is 1.59. The Bertz CT molecular complexity index is 631. The van der Waals surface area contributed by atoms with Crippen LogP contribution in [-0.2, 0) is 19.1 Å². The van der Waals surface area contributed by atoms with Gasteiger partial charge in [-0.1, -0.05) is 0 Å². The number of nitro benzene ring substituents is 1. The third-order valence-electron chi connectivity index (χ3n) is 2.52. The van der Waals surface area contributed by atoms with Crippen molar-refractivity contribution in [3.05, 3.63) is 45.5 Å². The SMILES string of the molecule is CCOC(=O)C(=Cc1ccc([N+](=O)[O-])cc1)C(=O)CC(=O)O. The summed E-state index contributed by atoms with van der Waals surface area (Å²) in [4.78, 5) is 44.1. The molecular formula is C14H13NO7. The fourth-order valence-corrected chi connectivity index (χ4v) is 1.55. The number of nitrogens with zero attached hydrogens (tertiary/aromatic N) is 1. The van der Waals surface area contributed by atoms with E-state index in [2.05, 4.69) is 0 Å². The van der Waals surface area contributed by atoms with E-state index in [-0.39, 0.29) is 12.3 Å². The maximum atomic E-state index is 11.8. The van der Waals surface area contributed by atoms with E-state index in [0.717, 1.165) is 6.08 Å². The number of benzene rings is 1. The predicted molar refractivity (Wildman–Crippen MR) is 75.0 cm³/mol. The fourth-order valence-electron chi connectivity index (χ4n) is 1.55. The molecule has 1 aromatic carbocycles. The summed E-state index contributed by atoms with van der Waals surface area (Å²) in [6.07, 6.45) is 0.296. The van der Waals surface area contributed by atoms with Crippen molar-refractivity contribution in [3.63, 3.8) is 0 Å². The van der Waals surface area contributed by atoms with Crippen molar-refractivity contribution < 1.29 is 29.2 Å². The van der Waals surface area contributed by atoms with E-state index in [4.69, 9.17) is 9.84 Å². The molecule has 0 saturated carbocycles. The number of ether oxygens (including phenoxy) is 1. The van der Waals surface area contributed by atoms with Gasteiger partial charge in [-0.25, -0.2) is 4.79 Å². The van der Waals surface area contributed by atoms with Gasteiger partial charge < -0.3 is 9.84 Å². The van der Waals surface area contributed by atoms with Crippen LogP contribution in [0.2, 0.25) is 0 Å².